The van der Waals surface area contributed by atoms with Crippen molar-refractivity contribution in [1.29, 1.82) is 0 Å². The molecule has 1 aromatic carbocycles. The van der Waals surface area contributed by atoms with E-state index in [9.17, 15) is 0 Å². The van der Waals surface area contributed by atoms with Crippen LogP contribution in [0, 0.1) is 6.92 Å². The lowest BCUT2D eigenvalue weighted by molar-refractivity contribution is 0.827. The highest BCUT2D eigenvalue weighted by Gasteiger charge is 2.12. The van der Waals surface area contributed by atoms with E-state index in [4.69, 9.17) is 5.73 Å². The second-order valence-corrected chi connectivity index (χ2v) is 4.70. The molecule has 1 fully saturated rings. The van der Waals surface area contributed by atoms with Crippen molar-refractivity contribution in [1.82, 2.24) is 0 Å². The smallest absolute Gasteiger partial charge is 0.0369 e. The molecule has 0 unspecified atom stereocenters. The molecule has 0 aromatic heterocycles. The van der Waals surface area contributed by atoms with E-state index < -0.39 is 0 Å². The first-order chi connectivity index (χ1) is 7.81. The van der Waals surface area contributed by atoms with Gasteiger partial charge >= 0.3 is 0 Å². The van der Waals surface area contributed by atoms with E-state index in [1.54, 1.807) is 0 Å². The van der Waals surface area contributed by atoms with Crippen molar-refractivity contribution in [3.05, 3.63) is 29.3 Å². The van der Waals surface area contributed by atoms with Gasteiger partial charge in [-0.1, -0.05) is 6.07 Å². The van der Waals surface area contributed by atoms with Gasteiger partial charge in [0.15, 0.2) is 0 Å². The molecule has 88 valence electrons. The molecule has 0 atom stereocenters. The summed E-state index contributed by atoms with van der Waals surface area (Å²) in [6, 6.07) is 6.87. The summed E-state index contributed by atoms with van der Waals surface area (Å²) in [6.45, 7) is 5.45. The van der Waals surface area contributed by atoms with Crippen LogP contribution in [0.15, 0.2) is 18.2 Å². The molecular weight excluding hydrogens is 196 g/mol. The van der Waals surface area contributed by atoms with E-state index in [1.807, 2.05) is 0 Å². The molecule has 2 N–H and O–H groups in total. The SMILES string of the molecule is Cc1cc(N2CCCC2)ccc1CCCN. The number of anilines is 1. The minimum atomic E-state index is 0.785. The third-order valence-electron chi connectivity index (χ3n) is 3.45. The Labute approximate surface area is 98.4 Å². The summed E-state index contributed by atoms with van der Waals surface area (Å²) in [5.74, 6) is 0. The highest BCUT2D eigenvalue weighted by Crippen LogP contribution is 2.23. The third kappa shape index (κ3) is 2.56. The standard InChI is InChI=1S/C14H22N2/c1-12-11-14(16-9-2-3-10-16)7-6-13(12)5-4-8-15/h6-7,11H,2-5,8-10,15H2,1H3. The van der Waals surface area contributed by atoms with E-state index >= 15 is 0 Å². The molecule has 0 aliphatic carbocycles. The molecule has 0 radical (unpaired) electrons. The molecule has 2 nitrogen and oxygen atoms in total. The highest BCUT2D eigenvalue weighted by molar-refractivity contribution is 5.51. The molecular formula is C14H22N2. The van der Waals surface area contributed by atoms with Crippen LogP contribution >= 0.6 is 0 Å². The van der Waals surface area contributed by atoms with Crippen LogP contribution < -0.4 is 10.6 Å². The van der Waals surface area contributed by atoms with Gasteiger partial charge in [-0.3, -0.25) is 0 Å². The average Bonchev–Trinajstić information content (AvgIpc) is 2.81. The van der Waals surface area contributed by atoms with Crippen LogP contribution in [0.3, 0.4) is 0 Å². The van der Waals surface area contributed by atoms with E-state index in [0.29, 0.717) is 0 Å². The zero-order chi connectivity index (χ0) is 11.4. The average molecular weight is 218 g/mol. The Morgan fingerprint density at radius 1 is 1.25 bits per heavy atom. The van der Waals surface area contributed by atoms with Gasteiger partial charge in [-0.25, -0.2) is 0 Å². The predicted octanol–water partition coefficient (Wildman–Crippen LogP) is 2.49. The van der Waals surface area contributed by atoms with Crippen molar-refractivity contribution < 1.29 is 0 Å². The maximum absolute atomic E-state index is 5.55. The van der Waals surface area contributed by atoms with Crippen LogP contribution in [-0.2, 0) is 6.42 Å². The van der Waals surface area contributed by atoms with Gasteiger partial charge in [-0.2, -0.15) is 0 Å². The Bertz CT molecular complexity index is 341. The quantitative estimate of drug-likeness (QED) is 0.841. The van der Waals surface area contributed by atoms with Gasteiger partial charge in [0.05, 0.1) is 0 Å². The fourth-order valence-electron chi connectivity index (χ4n) is 2.43. The molecule has 16 heavy (non-hydrogen) atoms. The summed E-state index contributed by atoms with van der Waals surface area (Å²) in [4.78, 5) is 2.49. The molecule has 2 rings (SSSR count). The second kappa shape index (κ2) is 5.35. The van der Waals surface area contributed by atoms with Gasteiger partial charge in [0.25, 0.3) is 0 Å². The zero-order valence-electron chi connectivity index (χ0n) is 10.2. The Balaban J connectivity index is 2.09. The Hall–Kier alpha value is -1.02. The molecule has 1 saturated heterocycles. The summed E-state index contributed by atoms with van der Waals surface area (Å²) in [6.07, 6.45) is 4.88. The van der Waals surface area contributed by atoms with Crippen molar-refractivity contribution in [2.24, 2.45) is 5.73 Å². The molecule has 0 amide bonds. The first kappa shape index (κ1) is 11.5. The van der Waals surface area contributed by atoms with Gasteiger partial charge in [-0.05, 0) is 62.4 Å². The van der Waals surface area contributed by atoms with Crippen molar-refractivity contribution in [3.8, 4) is 0 Å². The number of nitrogens with two attached hydrogens (primary N) is 1. The van der Waals surface area contributed by atoms with Crippen LogP contribution in [0.1, 0.15) is 30.4 Å². The molecule has 2 heteroatoms. The topological polar surface area (TPSA) is 29.3 Å². The highest BCUT2D eigenvalue weighted by atomic mass is 15.1. The number of hydrogen-bond donors (Lipinski definition) is 1. The molecule has 0 bridgehead atoms. The lowest BCUT2D eigenvalue weighted by Gasteiger charge is -2.19. The normalized spacial score (nSPS) is 15.8. The Morgan fingerprint density at radius 3 is 2.62 bits per heavy atom. The maximum atomic E-state index is 5.55. The number of nitrogens with zero attached hydrogens (tertiary/aromatic N) is 1. The molecule has 0 saturated carbocycles. The first-order valence-electron chi connectivity index (χ1n) is 6.36. The fourth-order valence-corrected chi connectivity index (χ4v) is 2.43. The van der Waals surface area contributed by atoms with Crippen LogP contribution in [0.25, 0.3) is 0 Å². The van der Waals surface area contributed by atoms with Gasteiger partial charge in [0, 0.05) is 18.8 Å². The third-order valence-corrected chi connectivity index (χ3v) is 3.45. The number of rotatable bonds is 4. The second-order valence-electron chi connectivity index (χ2n) is 4.70. The Kier molecular flexibility index (Phi) is 3.83. The first-order valence-corrected chi connectivity index (χ1v) is 6.36. The van der Waals surface area contributed by atoms with E-state index in [1.165, 1.54) is 42.7 Å². The number of benzene rings is 1. The fraction of sp³-hybridized carbons (Fsp3) is 0.571. The van der Waals surface area contributed by atoms with Crippen LogP contribution in [-0.4, -0.2) is 19.6 Å². The maximum Gasteiger partial charge on any atom is 0.0369 e. The van der Waals surface area contributed by atoms with Crippen molar-refractivity contribution in [3.63, 3.8) is 0 Å². The molecule has 0 spiro atoms. The monoisotopic (exact) mass is 218 g/mol. The predicted molar refractivity (Wildman–Crippen MR) is 70.0 cm³/mol. The summed E-state index contributed by atoms with van der Waals surface area (Å²) in [7, 11) is 0. The summed E-state index contributed by atoms with van der Waals surface area (Å²) >= 11 is 0. The minimum Gasteiger partial charge on any atom is -0.372 e. The minimum absolute atomic E-state index is 0.785. The van der Waals surface area contributed by atoms with Gasteiger partial charge < -0.3 is 10.6 Å². The molecule has 1 aliphatic rings. The number of aryl methyl sites for hydroxylation is 2. The van der Waals surface area contributed by atoms with E-state index in [0.717, 1.165) is 19.4 Å². The van der Waals surface area contributed by atoms with Crippen LogP contribution in [0.5, 0.6) is 0 Å². The lowest BCUT2D eigenvalue weighted by Crippen LogP contribution is -2.17. The van der Waals surface area contributed by atoms with Crippen molar-refractivity contribution in [2.75, 3.05) is 24.5 Å². The summed E-state index contributed by atoms with van der Waals surface area (Å²) < 4.78 is 0. The molecule has 1 heterocycles. The van der Waals surface area contributed by atoms with E-state index in [2.05, 4.69) is 30.0 Å². The summed E-state index contributed by atoms with van der Waals surface area (Å²) in [5.41, 5.74) is 9.81. The van der Waals surface area contributed by atoms with Crippen LogP contribution in [0.2, 0.25) is 0 Å². The van der Waals surface area contributed by atoms with Crippen molar-refractivity contribution in [2.45, 2.75) is 32.6 Å². The van der Waals surface area contributed by atoms with Crippen LogP contribution in [0.4, 0.5) is 5.69 Å². The largest absolute Gasteiger partial charge is 0.372 e. The number of hydrogen-bond acceptors (Lipinski definition) is 2. The Morgan fingerprint density at radius 2 is 2.00 bits per heavy atom. The molecule has 1 aliphatic heterocycles. The van der Waals surface area contributed by atoms with Crippen molar-refractivity contribution >= 4 is 5.69 Å². The van der Waals surface area contributed by atoms with Gasteiger partial charge in [0.1, 0.15) is 0 Å². The summed E-state index contributed by atoms with van der Waals surface area (Å²) in [5, 5.41) is 0. The van der Waals surface area contributed by atoms with E-state index in [-0.39, 0.29) is 0 Å². The zero-order valence-corrected chi connectivity index (χ0v) is 10.2. The van der Waals surface area contributed by atoms with Gasteiger partial charge in [-0.15, -0.1) is 0 Å². The lowest BCUT2D eigenvalue weighted by atomic mass is 10.0. The molecule has 1 aromatic rings. The van der Waals surface area contributed by atoms with Gasteiger partial charge in [0.2, 0.25) is 0 Å².